The molecule has 106 valence electrons. The Kier molecular flexibility index (Phi) is 3.43. The lowest BCUT2D eigenvalue weighted by molar-refractivity contribution is 0.101. The third kappa shape index (κ3) is 2.52. The number of aromatic nitrogens is 1. The fourth-order valence-corrected chi connectivity index (χ4v) is 2.59. The molecule has 3 rings (SSSR count). The number of nitrogens with one attached hydrogen (secondary N) is 1. The number of aryl methyl sites for hydroxylation is 2. The van der Waals surface area contributed by atoms with Gasteiger partial charge in [-0.3, -0.25) is 4.79 Å². The molecule has 0 atom stereocenters. The number of amides is 1. The summed E-state index contributed by atoms with van der Waals surface area (Å²) < 4.78 is 1.86. The SMILES string of the molecule is Cc1ccccc1NC(=O)c1cc2ccc(Cl)cc2n1C. The lowest BCUT2D eigenvalue weighted by Gasteiger charge is -2.08. The van der Waals surface area contributed by atoms with Crippen molar-refractivity contribution in [2.75, 3.05) is 5.32 Å². The van der Waals surface area contributed by atoms with Crippen LogP contribution in [0.3, 0.4) is 0 Å². The molecule has 0 bridgehead atoms. The van der Waals surface area contributed by atoms with Gasteiger partial charge in [-0.05, 0) is 36.8 Å². The van der Waals surface area contributed by atoms with E-state index < -0.39 is 0 Å². The largest absolute Gasteiger partial charge is 0.340 e. The summed E-state index contributed by atoms with van der Waals surface area (Å²) in [6, 6.07) is 15.2. The molecule has 2 aromatic carbocycles. The van der Waals surface area contributed by atoms with Gasteiger partial charge in [-0.25, -0.2) is 0 Å². The average molecular weight is 299 g/mol. The van der Waals surface area contributed by atoms with Crippen LogP contribution >= 0.6 is 11.6 Å². The summed E-state index contributed by atoms with van der Waals surface area (Å²) in [4.78, 5) is 12.5. The Bertz CT molecular complexity index is 836. The Morgan fingerprint density at radius 1 is 1.14 bits per heavy atom. The normalized spacial score (nSPS) is 10.8. The van der Waals surface area contributed by atoms with Crippen LogP contribution in [0.2, 0.25) is 5.02 Å². The van der Waals surface area contributed by atoms with E-state index in [0.29, 0.717) is 10.7 Å². The molecule has 1 amide bonds. The minimum absolute atomic E-state index is 0.126. The zero-order valence-corrected chi connectivity index (χ0v) is 12.6. The first kappa shape index (κ1) is 13.7. The maximum absolute atomic E-state index is 12.5. The van der Waals surface area contributed by atoms with Gasteiger partial charge < -0.3 is 9.88 Å². The van der Waals surface area contributed by atoms with Crippen LogP contribution in [0.5, 0.6) is 0 Å². The van der Waals surface area contributed by atoms with Crippen molar-refractivity contribution in [2.45, 2.75) is 6.92 Å². The monoisotopic (exact) mass is 298 g/mol. The number of rotatable bonds is 2. The summed E-state index contributed by atoms with van der Waals surface area (Å²) in [6.45, 7) is 1.97. The van der Waals surface area contributed by atoms with E-state index in [1.807, 2.05) is 67.1 Å². The van der Waals surface area contributed by atoms with Crippen LogP contribution < -0.4 is 5.32 Å². The maximum atomic E-state index is 12.5. The van der Waals surface area contributed by atoms with E-state index in [2.05, 4.69) is 5.32 Å². The second kappa shape index (κ2) is 5.26. The van der Waals surface area contributed by atoms with Gasteiger partial charge in [0.1, 0.15) is 5.69 Å². The molecule has 1 heterocycles. The Morgan fingerprint density at radius 2 is 1.90 bits per heavy atom. The number of fused-ring (bicyclic) bond motifs is 1. The van der Waals surface area contributed by atoms with Gasteiger partial charge in [-0.2, -0.15) is 0 Å². The molecule has 3 nitrogen and oxygen atoms in total. The summed E-state index contributed by atoms with van der Waals surface area (Å²) in [5.74, 6) is -0.126. The molecule has 0 unspecified atom stereocenters. The number of carbonyl (C=O) groups is 1. The van der Waals surface area contributed by atoms with Crippen LogP contribution in [0.15, 0.2) is 48.5 Å². The molecular weight excluding hydrogens is 284 g/mol. The smallest absolute Gasteiger partial charge is 0.272 e. The van der Waals surface area contributed by atoms with Gasteiger partial charge in [0.25, 0.3) is 5.91 Å². The third-order valence-electron chi connectivity index (χ3n) is 3.63. The summed E-state index contributed by atoms with van der Waals surface area (Å²) in [5.41, 5.74) is 3.41. The molecule has 0 saturated carbocycles. The van der Waals surface area contributed by atoms with Gasteiger partial charge in [-0.15, -0.1) is 0 Å². The van der Waals surface area contributed by atoms with Crippen molar-refractivity contribution in [1.29, 1.82) is 0 Å². The molecular formula is C17H15ClN2O. The van der Waals surface area contributed by atoms with Crippen LogP contribution in [0, 0.1) is 6.92 Å². The second-order valence-corrected chi connectivity index (χ2v) is 5.50. The Balaban J connectivity index is 1.99. The van der Waals surface area contributed by atoms with Gasteiger partial charge in [0, 0.05) is 28.7 Å². The molecule has 4 heteroatoms. The van der Waals surface area contributed by atoms with Gasteiger partial charge in [0.15, 0.2) is 0 Å². The van der Waals surface area contributed by atoms with Crippen LogP contribution in [-0.4, -0.2) is 10.5 Å². The van der Waals surface area contributed by atoms with Crippen molar-refractivity contribution in [1.82, 2.24) is 4.57 Å². The number of halogens is 1. The molecule has 21 heavy (non-hydrogen) atoms. The Hall–Kier alpha value is -2.26. The quantitative estimate of drug-likeness (QED) is 0.748. The molecule has 0 saturated heterocycles. The lowest BCUT2D eigenvalue weighted by Crippen LogP contribution is -2.16. The molecule has 0 fully saturated rings. The molecule has 3 aromatic rings. The molecule has 0 aliphatic heterocycles. The molecule has 0 spiro atoms. The molecule has 1 N–H and O–H groups in total. The number of para-hydroxylation sites is 1. The highest BCUT2D eigenvalue weighted by atomic mass is 35.5. The standard InChI is InChI=1S/C17H15ClN2O/c1-11-5-3-4-6-14(11)19-17(21)16-9-12-7-8-13(18)10-15(12)20(16)2/h3-10H,1-2H3,(H,19,21). The number of anilines is 1. The van der Waals surface area contributed by atoms with E-state index in [1.165, 1.54) is 0 Å². The highest BCUT2D eigenvalue weighted by molar-refractivity contribution is 6.31. The second-order valence-electron chi connectivity index (χ2n) is 5.06. The van der Waals surface area contributed by atoms with E-state index in [4.69, 9.17) is 11.6 Å². The summed E-state index contributed by atoms with van der Waals surface area (Å²) in [5, 5.41) is 4.61. The van der Waals surface area contributed by atoms with Crippen molar-refractivity contribution in [2.24, 2.45) is 7.05 Å². The number of nitrogens with zero attached hydrogens (tertiary/aromatic N) is 1. The number of benzene rings is 2. The van der Waals surface area contributed by atoms with Crippen molar-refractivity contribution < 1.29 is 4.79 Å². The zero-order valence-electron chi connectivity index (χ0n) is 11.9. The minimum Gasteiger partial charge on any atom is -0.340 e. The summed E-state index contributed by atoms with van der Waals surface area (Å²) in [6.07, 6.45) is 0. The van der Waals surface area contributed by atoms with E-state index >= 15 is 0 Å². The van der Waals surface area contributed by atoms with Crippen LogP contribution in [0.4, 0.5) is 5.69 Å². The lowest BCUT2D eigenvalue weighted by atomic mass is 10.2. The van der Waals surface area contributed by atoms with E-state index in [9.17, 15) is 4.79 Å². The van der Waals surface area contributed by atoms with Crippen molar-refractivity contribution in [3.8, 4) is 0 Å². The zero-order chi connectivity index (χ0) is 15.0. The van der Waals surface area contributed by atoms with E-state index in [0.717, 1.165) is 22.2 Å². The van der Waals surface area contributed by atoms with Crippen molar-refractivity contribution >= 4 is 34.1 Å². The maximum Gasteiger partial charge on any atom is 0.272 e. The van der Waals surface area contributed by atoms with Gasteiger partial charge in [-0.1, -0.05) is 35.9 Å². The Labute approximate surface area is 128 Å². The first-order chi connectivity index (χ1) is 10.1. The van der Waals surface area contributed by atoms with E-state index in [-0.39, 0.29) is 5.91 Å². The van der Waals surface area contributed by atoms with Crippen LogP contribution in [0.1, 0.15) is 16.1 Å². The third-order valence-corrected chi connectivity index (χ3v) is 3.87. The first-order valence-corrected chi connectivity index (χ1v) is 7.06. The van der Waals surface area contributed by atoms with Crippen LogP contribution in [-0.2, 0) is 7.05 Å². The topological polar surface area (TPSA) is 34.0 Å². The van der Waals surface area contributed by atoms with E-state index in [1.54, 1.807) is 0 Å². The highest BCUT2D eigenvalue weighted by Gasteiger charge is 2.14. The average Bonchev–Trinajstić information content (AvgIpc) is 2.79. The fraction of sp³-hybridized carbons (Fsp3) is 0.118. The van der Waals surface area contributed by atoms with Crippen molar-refractivity contribution in [3.05, 3.63) is 64.8 Å². The van der Waals surface area contributed by atoms with Gasteiger partial charge in [0.2, 0.25) is 0 Å². The fourth-order valence-electron chi connectivity index (χ4n) is 2.42. The number of hydrogen-bond donors (Lipinski definition) is 1. The van der Waals surface area contributed by atoms with Crippen LogP contribution in [0.25, 0.3) is 10.9 Å². The van der Waals surface area contributed by atoms with Gasteiger partial charge >= 0.3 is 0 Å². The van der Waals surface area contributed by atoms with Crippen molar-refractivity contribution in [3.63, 3.8) is 0 Å². The number of carbonyl (C=O) groups excluding carboxylic acids is 1. The molecule has 0 aliphatic rings. The highest BCUT2D eigenvalue weighted by Crippen LogP contribution is 2.23. The minimum atomic E-state index is -0.126. The number of hydrogen-bond acceptors (Lipinski definition) is 1. The summed E-state index contributed by atoms with van der Waals surface area (Å²) >= 11 is 6.02. The predicted molar refractivity (Wildman–Crippen MR) is 87.1 cm³/mol. The Morgan fingerprint density at radius 3 is 2.67 bits per heavy atom. The molecule has 1 aromatic heterocycles. The van der Waals surface area contributed by atoms with Gasteiger partial charge in [0.05, 0.1) is 0 Å². The molecule has 0 radical (unpaired) electrons. The first-order valence-electron chi connectivity index (χ1n) is 6.68. The molecule has 0 aliphatic carbocycles. The predicted octanol–water partition coefficient (Wildman–Crippen LogP) is 4.39. The summed E-state index contributed by atoms with van der Waals surface area (Å²) in [7, 11) is 1.87.